The molecule has 2 rings (SSSR count). The summed E-state index contributed by atoms with van der Waals surface area (Å²) in [5.41, 5.74) is 0. The highest BCUT2D eigenvalue weighted by molar-refractivity contribution is 7.91. The average Bonchev–Trinajstić information content (AvgIpc) is 2.69. The van der Waals surface area contributed by atoms with E-state index in [0.717, 1.165) is 0 Å². The Morgan fingerprint density at radius 1 is 1.47 bits per heavy atom. The number of rotatable bonds is 2. The minimum atomic E-state index is -3.00. The second-order valence-corrected chi connectivity index (χ2v) is 7.07. The number of amides is 1. The van der Waals surface area contributed by atoms with Crippen LogP contribution < -0.4 is 0 Å². The zero-order chi connectivity index (χ0) is 12.5. The molecule has 17 heavy (non-hydrogen) atoms. The first kappa shape index (κ1) is 13.1. The lowest BCUT2D eigenvalue weighted by molar-refractivity contribution is -0.141. The summed E-state index contributed by atoms with van der Waals surface area (Å²) in [5.74, 6) is 0.0484. The maximum atomic E-state index is 12.1. The summed E-state index contributed by atoms with van der Waals surface area (Å²) in [6, 6.07) is 0. The number of sulfone groups is 1. The molecule has 98 valence electrons. The van der Waals surface area contributed by atoms with Crippen molar-refractivity contribution in [3.63, 3.8) is 0 Å². The van der Waals surface area contributed by atoms with Gasteiger partial charge in [-0.1, -0.05) is 0 Å². The van der Waals surface area contributed by atoms with E-state index in [0.29, 0.717) is 32.0 Å². The van der Waals surface area contributed by atoms with Crippen molar-refractivity contribution in [2.45, 2.75) is 12.5 Å². The Morgan fingerprint density at radius 2 is 2.24 bits per heavy atom. The Morgan fingerprint density at radius 3 is 2.82 bits per heavy atom. The molecule has 7 heteroatoms. The normalized spacial score (nSPS) is 32.6. The minimum absolute atomic E-state index is 0.00523. The van der Waals surface area contributed by atoms with Crippen LogP contribution in [0.3, 0.4) is 0 Å². The number of carbonyl (C=O) groups is 1. The number of hydrogen-bond donors (Lipinski definition) is 0. The van der Waals surface area contributed by atoms with Crippen LogP contribution in [0.5, 0.6) is 0 Å². The summed E-state index contributed by atoms with van der Waals surface area (Å²) in [5, 5.41) is 0. The smallest absolute Gasteiger partial charge is 0.226 e. The van der Waals surface area contributed by atoms with Crippen LogP contribution >= 0.6 is 11.6 Å². The van der Waals surface area contributed by atoms with E-state index in [4.69, 9.17) is 16.3 Å². The molecule has 0 saturated carbocycles. The molecule has 5 nitrogen and oxygen atoms in total. The van der Waals surface area contributed by atoms with Gasteiger partial charge in [-0.25, -0.2) is 8.42 Å². The summed E-state index contributed by atoms with van der Waals surface area (Å²) in [6.07, 6.45) is 0.316. The van der Waals surface area contributed by atoms with Gasteiger partial charge in [-0.2, -0.15) is 0 Å². The van der Waals surface area contributed by atoms with Crippen LogP contribution in [0.25, 0.3) is 0 Å². The summed E-state index contributed by atoms with van der Waals surface area (Å²) < 4.78 is 28.0. The second kappa shape index (κ2) is 5.12. The first-order chi connectivity index (χ1) is 8.02. The minimum Gasteiger partial charge on any atom is -0.373 e. The molecule has 2 aliphatic heterocycles. The van der Waals surface area contributed by atoms with E-state index >= 15 is 0 Å². The number of nitrogens with zero attached hydrogens (tertiary/aromatic N) is 1. The van der Waals surface area contributed by atoms with E-state index in [1.807, 2.05) is 0 Å². The van der Waals surface area contributed by atoms with Crippen LogP contribution in [-0.2, 0) is 19.4 Å². The second-order valence-electron chi connectivity index (χ2n) is 4.53. The molecule has 0 bridgehead atoms. The van der Waals surface area contributed by atoms with E-state index in [2.05, 4.69) is 0 Å². The van der Waals surface area contributed by atoms with Crippen LogP contribution in [-0.4, -0.2) is 62.4 Å². The molecule has 0 N–H and O–H groups in total. The predicted molar refractivity (Wildman–Crippen MR) is 63.8 cm³/mol. The topological polar surface area (TPSA) is 63.7 Å². The maximum absolute atomic E-state index is 12.1. The standard InChI is InChI=1S/C10H16ClNO4S/c11-5-9-6-12(2-3-16-9)10(13)8-1-4-17(14,15)7-8/h8-9H,1-7H2. The van der Waals surface area contributed by atoms with Gasteiger partial charge in [0.2, 0.25) is 5.91 Å². The van der Waals surface area contributed by atoms with Gasteiger partial charge in [0.15, 0.2) is 9.84 Å². The lowest BCUT2D eigenvalue weighted by atomic mass is 10.1. The summed E-state index contributed by atoms with van der Waals surface area (Å²) in [6.45, 7) is 1.48. The fraction of sp³-hybridized carbons (Fsp3) is 0.900. The van der Waals surface area contributed by atoms with E-state index in [-0.39, 0.29) is 29.4 Å². The molecule has 2 heterocycles. The van der Waals surface area contributed by atoms with Crippen LogP contribution in [0, 0.1) is 5.92 Å². The molecule has 0 radical (unpaired) electrons. The molecule has 1 amide bonds. The zero-order valence-corrected chi connectivity index (χ0v) is 11.0. The van der Waals surface area contributed by atoms with Gasteiger partial charge in [-0.05, 0) is 6.42 Å². The molecule has 0 aliphatic carbocycles. The molecule has 0 aromatic heterocycles. The highest BCUT2D eigenvalue weighted by Gasteiger charge is 2.36. The highest BCUT2D eigenvalue weighted by atomic mass is 35.5. The Bertz CT molecular complexity index is 397. The first-order valence-corrected chi connectivity index (χ1v) is 8.04. The molecule has 2 atom stereocenters. The van der Waals surface area contributed by atoms with Crippen molar-refractivity contribution in [2.24, 2.45) is 5.92 Å². The fourth-order valence-electron chi connectivity index (χ4n) is 2.26. The van der Waals surface area contributed by atoms with Gasteiger partial charge >= 0.3 is 0 Å². The monoisotopic (exact) mass is 281 g/mol. The van der Waals surface area contributed by atoms with Crippen molar-refractivity contribution in [3.05, 3.63) is 0 Å². The SMILES string of the molecule is O=C(C1CCS(=O)(=O)C1)N1CCOC(CCl)C1. The third kappa shape index (κ3) is 3.11. The summed E-state index contributed by atoms with van der Waals surface area (Å²) in [4.78, 5) is 13.8. The third-order valence-electron chi connectivity index (χ3n) is 3.20. The largest absolute Gasteiger partial charge is 0.373 e. The van der Waals surface area contributed by atoms with Gasteiger partial charge in [-0.15, -0.1) is 11.6 Å². The van der Waals surface area contributed by atoms with Crippen molar-refractivity contribution in [1.82, 2.24) is 4.90 Å². The average molecular weight is 282 g/mol. The lowest BCUT2D eigenvalue weighted by Gasteiger charge is -2.33. The van der Waals surface area contributed by atoms with Crippen molar-refractivity contribution in [2.75, 3.05) is 37.1 Å². The van der Waals surface area contributed by atoms with E-state index < -0.39 is 9.84 Å². The molecule has 2 fully saturated rings. The number of morpholine rings is 1. The Hall–Kier alpha value is -0.330. The Kier molecular flexibility index (Phi) is 3.95. The first-order valence-electron chi connectivity index (χ1n) is 5.68. The molecule has 2 aliphatic rings. The molecular formula is C10H16ClNO4S. The van der Waals surface area contributed by atoms with Gasteiger partial charge in [0.25, 0.3) is 0 Å². The van der Waals surface area contributed by atoms with Crippen LogP contribution in [0.4, 0.5) is 0 Å². The van der Waals surface area contributed by atoms with E-state index in [9.17, 15) is 13.2 Å². The van der Waals surface area contributed by atoms with Gasteiger partial charge in [-0.3, -0.25) is 4.79 Å². The number of ether oxygens (including phenoxy) is 1. The van der Waals surface area contributed by atoms with E-state index in [1.54, 1.807) is 4.90 Å². The Labute approximate surface area is 106 Å². The van der Waals surface area contributed by atoms with Crippen molar-refractivity contribution in [3.8, 4) is 0 Å². The molecule has 2 saturated heterocycles. The molecular weight excluding hydrogens is 266 g/mol. The van der Waals surface area contributed by atoms with Crippen LogP contribution in [0.15, 0.2) is 0 Å². The van der Waals surface area contributed by atoms with Gasteiger partial charge in [0, 0.05) is 13.1 Å². The number of alkyl halides is 1. The highest BCUT2D eigenvalue weighted by Crippen LogP contribution is 2.22. The fourth-order valence-corrected chi connectivity index (χ4v) is 4.18. The van der Waals surface area contributed by atoms with Gasteiger partial charge in [0.1, 0.15) is 0 Å². The zero-order valence-electron chi connectivity index (χ0n) is 9.47. The van der Waals surface area contributed by atoms with Crippen molar-refractivity contribution in [1.29, 1.82) is 0 Å². The summed E-state index contributed by atoms with van der Waals surface area (Å²) in [7, 11) is -3.00. The van der Waals surface area contributed by atoms with Crippen molar-refractivity contribution >= 4 is 27.3 Å². The van der Waals surface area contributed by atoms with Crippen LogP contribution in [0.1, 0.15) is 6.42 Å². The van der Waals surface area contributed by atoms with Crippen LogP contribution in [0.2, 0.25) is 0 Å². The predicted octanol–water partition coefficient (Wildman–Crippen LogP) is -0.113. The maximum Gasteiger partial charge on any atom is 0.226 e. The van der Waals surface area contributed by atoms with E-state index in [1.165, 1.54) is 0 Å². The number of carbonyl (C=O) groups excluding carboxylic acids is 1. The van der Waals surface area contributed by atoms with Gasteiger partial charge < -0.3 is 9.64 Å². The number of hydrogen-bond acceptors (Lipinski definition) is 4. The molecule has 0 spiro atoms. The summed E-state index contributed by atoms with van der Waals surface area (Å²) >= 11 is 5.70. The Balaban J connectivity index is 1.96. The molecule has 2 unspecified atom stereocenters. The third-order valence-corrected chi connectivity index (χ3v) is 5.32. The molecule has 0 aromatic rings. The lowest BCUT2D eigenvalue weighted by Crippen LogP contribution is -2.48. The van der Waals surface area contributed by atoms with Crippen molar-refractivity contribution < 1.29 is 17.9 Å². The molecule has 0 aromatic carbocycles. The quantitative estimate of drug-likeness (QED) is 0.663. The van der Waals surface area contributed by atoms with Gasteiger partial charge in [0.05, 0.1) is 36.0 Å². The number of halogens is 1.